The molecule has 1 saturated heterocycles. The highest BCUT2D eigenvalue weighted by atomic mass is 32.2. The molecule has 0 saturated carbocycles. The van der Waals surface area contributed by atoms with E-state index in [0.717, 1.165) is 25.7 Å². The summed E-state index contributed by atoms with van der Waals surface area (Å²) >= 11 is 0. The van der Waals surface area contributed by atoms with E-state index in [-0.39, 0.29) is 4.75 Å². The van der Waals surface area contributed by atoms with Crippen molar-refractivity contribution in [2.24, 2.45) is 0 Å². The van der Waals surface area contributed by atoms with Crippen LogP contribution in [0.25, 0.3) is 0 Å². The van der Waals surface area contributed by atoms with E-state index in [0.29, 0.717) is 16.7 Å². The molecule has 0 spiro atoms. The Bertz CT molecular complexity index is 203. The number of carbonyl (C=O) groups excluding carboxylic acids is 1. The molecule has 88 valence electrons. The monoisotopic (exact) mass is 229 g/mol. The summed E-state index contributed by atoms with van der Waals surface area (Å²) in [5.74, 6) is 3.19. The fourth-order valence-corrected chi connectivity index (χ4v) is 6.05. The molecule has 15 heavy (non-hydrogen) atoms. The predicted molar refractivity (Wildman–Crippen MR) is 69.6 cm³/mol. The number of carbonyl (C=O) groups is 1. The van der Waals surface area contributed by atoms with E-state index in [2.05, 4.69) is 20.8 Å². The Kier molecular flexibility index (Phi) is 5.17. The van der Waals surface area contributed by atoms with Crippen molar-refractivity contribution >= 4 is 16.7 Å². The Labute approximate surface area is 97.4 Å². The molecule has 0 N–H and O–H groups in total. The topological polar surface area (TPSA) is 17.1 Å². The lowest BCUT2D eigenvalue weighted by atomic mass is 9.94. The van der Waals surface area contributed by atoms with Crippen molar-refractivity contribution < 1.29 is 4.79 Å². The average molecular weight is 229 g/mol. The van der Waals surface area contributed by atoms with Crippen LogP contribution in [0, 0.1) is 0 Å². The first-order chi connectivity index (χ1) is 7.21. The maximum atomic E-state index is 12.3. The number of hydrogen-bond donors (Lipinski definition) is 0. The van der Waals surface area contributed by atoms with Crippen molar-refractivity contribution in [3.05, 3.63) is 0 Å². The van der Waals surface area contributed by atoms with Crippen LogP contribution in [0.3, 0.4) is 0 Å². The van der Waals surface area contributed by atoms with E-state index in [9.17, 15) is 4.79 Å². The SMILES string of the molecule is CCCC(=O)C(CC)(CC)[S+]1CCCC1. The van der Waals surface area contributed by atoms with Gasteiger partial charge in [-0.3, -0.25) is 4.79 Å². The fourth-order valence-electron chi connectivity index (χ4n) is 2.71. The van der Waals surface area contributed by atoms with Gasteiger partial charge in [0.2, 0.25) is 0 Å². The molecule has 1 heterocycles. The van der Waals surface area contributed by atoms with Crippen molar-refractivity contribution in [3.8, 4) is 0 Å². The van der Waals surface area contributed by atoms with Crippen LogP contribution in [-0.2, 0) is 15.7 Å². The highest BCUT2D eigenvalue weighted by molar-refractivity contribution is 7.99. The predicted octanol–water partition coefficient (Wildman–Crippen LogP) is 3.33. The van der Waals surface area contributed by atoms with E-state index in [1.807, 2.05) is 0 Å². The lowest BCUT2D eigenvalue weighted by molar-refractivity contribution is -0.121. The summed E-state index contributed by atoms with van der Waals surface area (Å²) in [7, 11) is 0.395. The second kappa shape index (κ2) is 5.93. The van der Waals surface area contributed by atoms with Gasteiger partial charge in [0.1, 0.15) is 11.5 Å². The summed E-state index contributed by atoms with van der Waals surface area (Å²) in [5.41, 5.74) is 0. The summed E-state index contributed by atoms with van der Waals surface area (Å²) < 4.78 is 0.0620. The van der Waals surface area contributed by atoms with Gasteiger partial charge in [0, 0.05) is 30.2 Å². The number of hydrogen-bond acceptors (Lipinski definition) is 1. The molecule has 0 aliphatic carbocycles. The zero-order valence-corrected chi connectivity index (χ0v) is 11.3. The second-order valence-electron chi connectivity index (χ2n) is 4.48. The van der Waals surface area contributed by atoms with Crippen molar-refractivity contribution in [3.63, 3.8) is 0 Å². The van der Waals surface area contributed by atoms with Crippen LogP contribution in [0.15, 0.2) is 0 Å². The third-order valence-corrected chi connectivity index (χ3v) is 7.18. The van der Waals surface area contributed by atoms with Gasteiger partial charge in [-0.15, -0.1) is 0 Å². The number of rotatable bonds is 6. The molecule has 0 amide bonds. The lowest BCUT2D eigenvalue weighted by Crippen LogP contribution is -2.46. The molecule has 0 atom stereocenters. The highest BCUT2D eigenvalue weighted by Crippen LogP contribution is 2.35. The van der Waals surface area contributed by atoms with Crippen LogP contribution in [-0.4, -0.2) is 22.0 Å². The van der Waals surface area contributed by atoms with Gasteiger partial charge in [0.15, 0.2) is 10.5 Å². The molecule has 1 aliphatic heterocycles. The van der Waals surface area contributed by atoms with Crippen molar-refractivity contribution in [1.82, 2.24) is 0 Å². The van der Waals surface area contributed by atoms with E-state index in [4.69, 9.17) is 0 Å². The molecule has 0 aromatic heterocycles. The van der Waals surface area contributed by atoms with Crippen LogP contribution < -0.4 is 0 Å². The molecule has 0 bridgehead atoms. The molecule has 0 aromatic carbocycles. The Morgan fingerprint density at radius 3 is 2.07 bits per heavy atom. The zero-order valence-electron chi connectivity index (χ0n) is 10.5. The maximum absolute atomic E-state index is 12.3. The molecular weight excluding hydrogens is 204 g/mol. The minimum absolute atomic E-state index is 0.0620. The third kappa shape index (κ3) is 2.58. The number of Topliss-reactive ketones (excluding diaryl/α,β-unsaturated/α-hetero) is 1. The van der Waals surface area contributed by atoms with Gasteiger partial charge >= 0.3 is 0 Å². The van der Waals surface area contributed by atoms with Crippen LogP contribution in [0.1, 0.15) is 59.3 Å². The smallest absolute Gasteiger partial charge is 0.187 e. The Balaban J connectivity index is 2.79. The molecule has 1 aliphatic rings. The van der Waals surface area contributed by atoms with E-state index in [1.165, 1.54) is 24.3 Å². The summed E-state index contributed by atoms with van der Waals surface area (Å²) in [6, 6.07) is 0. The van der Waals surface area contributed by atoms with Crippen LogP contribution in [0.2, 0.25) is 0 Å². The Hall–Kier alpha value is 0.0200. The lowest BCUT2D eigenvalue weighted by Gasteiger charge is -2.28. The van der Waals surface area contributed by atoms with Gasteiger partial charge in [-0.05, 0) is 19.3 Å². The number of ketones is 1. The van der Waals surface area contributed by atoms with E-state index in [1.54, 1.807) is 0 Å². The average Bonchev–Trinajstić information content (AvgIpc) is 2.75. The second-order valence-corrected chi connectivity index (χ2v) is 7.07. The standard InChI is InChI=1S/C13H25OS/c1-4-9-12(14)13(5-2,6-3)15-10-7-8-11-15/h4-11H2,1-3H3/q+1. The third-order valence-electron chi connectivity index (χ3n) is 3.71. The van der Waals surface area contributed by atoms with Crippen molar-refractivity contribution in [1.29, 1.82) is 0 Å². The molecule has 1 nitrogen and oxygen atoms in total. The summed E-state index contributed by atoms with van der Waals surface area (Å²) in [5, 5.41) is 0. The summed E-state index contributed by atoms with van der Waals surface area (Å²) in [6.45, 7) is 6.54. The van der Waals surface area contributed by atoms with Gasteiger partial charge < -0.3 is 0 Å². The van der Waals surface area contributed by atoms with E-state index >= 15 is 0 Å². The largest absolute Gasteiger partial charge is 0.294 e. The summed E-state index contributed by atoms with van der Waals surface area (Å²) in [6.07, 6.45) is 6.63. The minimum atomic E-state index is 0.0620. The summed E-state index contributed by atoms with van der Waals surface area (Å²) in [4.78, 5) is 12.3. The Morgan fingerprint density at radius 2 is 1.67 bits per heavy atom. The van der Waals surface area contributed by atoms with Crippen LogP contribution >= 0.6 is 0 Å². The van der Waals surface area contributed by atoms with Crippen molar-refractivity contribution in [2.45, 2.75) is 64.0 Å². The molecule has 0 unspecified atom stereocenters. The fraction of sp³-hybridized carbons (Fsp3) is 0.923. The molecular formula is C13H25OS+. The molecule has 1 rings (SSSR count). The molecule has 0 aromatic rings. The molecule has 2 heteroatoms. The van der Waals surface area contributed by atoms with Gasteiger partial charge in [-0.25, -0.2) is 0 Å². The van der Waals surface area contributed by atoms with Crippen LogP contribution in [0.4, 0.5) is 0 Å². The first-order valence-electron chi connectivity index (χ1n) is 6.42. The first kappa shape index (κ1) is 13.1. The minimum Gasteiger partial charge on any atom is -0.294 e. The van der Waals surface area contributed by atoms with Gasteiger partial charge in [-0.2, -0.15) is 0 Å². The first-order valence-corrected chi connectivity index (χ1v) is 7.98. The molecule has 0 radical (unpaired) electrons. The zero-order chi connectivity index (χ0) is 11.3. The van der Waals surface area contributed by atoms with Crippen molar-refractivity contribution in [2.75, 3.05) is 11.5 Å². The van der Waals surface area contributed by atoms with Crippen LogP contribution in [0.5, 0.6) is 0 Å². The Morgan fingerprint density at radius 1 is 1.13 bits per heavy atom. The highest BCUT2D eigenvalue weighted by Gasteiger charge is 2.50. The van der Waals surface area contributed by atoms with Gasteiger partial charge in [0.25, 0.3) is 0 Å². The normalized spacial score (nSPS) is 18.3. The quantitative estimate of drug-likeness (QED) is 0.639. The van der Waals surface area contributed by atoms with Gasteiger partial charge in [-0.1, -0.05) is 20.8 Å². The van der Waals surface area contributed by atoms with Gasteiger partial charge in [0.05, 0.1) is 0 Å². The maximum Gasteiger partial charge on any atom is 0.187 e. The van der Waals surface area contributed by atoms with E-state index < -0.39 is 0 Å². The molecule has 1 fully saturated rings.